The highest BCUT2D eigenvalue weighted by Crippen LogP contribution is 2.32. The average molecular weight is 626 g/mol. The van der Waals surface area contributed by atoms with Gasteiger partial charge < -0.3 is 0 Å². The Morgan fingerprint density at radius 3 is 1.85 bits per heavy atom. The molecule has 0 radical (unpaired) electrons. The van der Waals surface area contributed by atoms with Gasteiger partial charge in [-0.1, -0.05) is 87.5 Å². The van der Waals surface area contributed by atoms with Gasteiger partial charge in [-0.3, -0.25) is 0 Å². The SMILES string of the molecule is Fc1ccc(Br)c(Cc2cc(Cc3ccc(Cl)cc3Br)c(Br)cc2Br)c1. The van der Waals surface area contributed by atoms with Crippen LogP contribution in [0.3, 0.4) is 0 Å². The van der Waals surface area contributed by atoms with Gasteiger partial charge in [0.1, 0.15) is 5.82 Å². The van der Waals surface area contributed by atoms with E-state index in [1.807, 2.05) is 24.3 Å². The van der Waals surface area contributed by atoms with E-state index in [1.165, 1.54) is 6.07 Å². The normalized spacial score (nSPS) is 11.0. The van der Waals surface area contributed by atoms with E-state index in [0.717, 1.165) is 46.6 Å². The van der Waals surface area contributed by atoms with Crippen LogP contribution in [0.5, 0.6) is 0 Å². The summed E-state index contributed by atoms with van der Waals surface area (Å²) in [4.78, 5) is 0. The van der Waals surface area contributed by atoms with Crippen LogP contribution in [0.1, 0.15) is 22.3 Å². The Hall–Kier alpha value is -0.200. The fourth-order valence-corrected chi connectivity index (χ4v) is 5.15. The van der Waals surface area contributed by atoms with Crippen LogP contribution < -0.4 is 0 Å². The summed E-state index contributed by atoms with van der Waals surface area (Å²) in [5, 5.41) is 0.701. The van der Waals surface area contributed by atoms with Gasteiger partial charge in [-0.2, -0.15) is 0 Å². The Balaban J connectivity index is 1.95. The van der Waals surface area contributed by atoms with Crippen molar-refractivity contribution >= 4 is 75.3 Å². The molecule has 0 spiro atoms. The van der Waals surface area contributed by atoms with Crippen molar-refractivity contribution in [3.63, 3.8) is 0 Å². The van der Waals surface area contributed by atoms with Crippen molar-refractivity contribution in [2.75, 3.05) is 0 Å². The third-order valence-corrected chi connectivity index (χ3v) is 7.22. The second-order valence-electron chi connectivity index (χ2n) is 5.86. The Morgan fingerprint density at radius 1 is 0.615 bits per heavy atom. The summed E-state index contributed by atoms with van der Waals surface area (Å²) in [7, 11) is 0. The van der Waals surface area contributed by atoms with E-state index >= 15 is 0 Å². The van der Waals surface area contributed by atoms with Crippen LogP contribution >= 0.6 is 75.3 Å². The van der Waals surface area contributed by atoms with E-state index in [9.17, 15) is 4.39 Å². The van der Waals surface area contributed by atoms with E-state index in [1.54, 1.807) is 12.1 Å². The number of benzene rings is 3. The number of hydrogen-bond acceptors (Lipinski definition) is 0. The van der Waals surface area contributed by atoms with Gasteiger partial charge in [-0.05, 0) is 71.5 Å². The Labute approximate surface area is 190 Å². The lowest BCUT2D eigenvalue weighted by atomic mass is 9.99. The van der Waals surface area contributed by atoms with Crippen LogP contribution in [-0.4, -0.2) is 0 Å². The van der Waals surface area contributed by atoms with E-state index in [0.29, 0.717) is 11.4 Å². The molecule has 0 aromatic heterocycles. The maximum absolute atomic E-state index is 13.6. The van der Waals surface area contributed by atoms with Gasteiger partial charge in [-0.15, -0.1) is 0 Å². The molecule has 0 unspecified atom stereocenters. The first-order valence-corrected chi connectivity index (χ1v) is 11.2. The predicted molar refractivity (Wildman–Crippen MR) is 121 cm³/mol. The van der Waals surface area contributed by atoms with Crippen molar-refractivity contribution < 1.29 is 4.39 Å². The van der Waals surface area contributed by atoms with Crippen molar-refractivity contribution in [3.05, 3.63) is 99.5 Å². The van der Waals surface area contributed by atoms with E-state index in [2.05, 4.69) is 69.8 Å². The van der Waals surface area contributed by atoms with Crippen LogP contribution in [0.25, 0.3) is 0 Å². The fourth-order valence-electron chi connectivity index (χ4n) is 2.67. The van der Waals surface area contributed by atoms with E-state index in [-0.39, 0.29) is 5.82 Å². The van der Waals surface area contributed by atoms with Gasteiger partial charge in [0, 0.05) is 22.9 Å². The molecule has 0 nitrogen and oxygen atoms in total. The van der Waals surface area contributed by atoms with Crippen molar-refractivity contribution in [1.82, 2.24) is 0 Å². The zero-order valence-corrected chi connectivity index (χ0v) is 20.4. The van der Waals surface area contributed by atoms with E-state index in [4.69, 9.17) is 11.6 Å². The molecule has 0 atom stereocenters. The Morgan fingerprint density at radius 2 is 1.19 bits per heavy atom. The maximum atomic E-state index is 13.6. The molecule has 0 heterocycles. The summed E-state index contributed by atoms with van der Waals surface area (Å²) in [5.41, 5.74) is 4.31. The molecule has 0 saturated carbocycles. The molecule has 0 fully saturated rings. The van der Waals surface area contributed by atoms with Crippen molar-refractivity contribution in [2.24, 2.45) is 0 Å². The molecular formula is C20H12Br4ClF. The largest absolute Gasteiger partial charge is 0.207 e. The number of halogens is 6. The smallest absolute Gasteiger partial charge is 0.123 e. The lowest BCUT2D eigenvalue weighted by Crippen LogP contribution is -1.97. The van der Waals surface area contributed by atoms with Gasteiger partial charge in [0.2, 0.25) is 0 Å². The van der Waals surface area contributed by atoms with Crippen molar-refractivity contribution in [1.29, 1.82) is 0 Å². The summed E-state index contributed by atoms with van der Waals surface area (Å²) in [6.45, 7) is 0. The summed E-state index contributed by atoms with van der Waals surface area (Å²) >= 11 is 20.4. The lowest BCUT2D eigenvalue weighted by molar-refractivity contribution is 0.625. The number of rotatable bonds is 4. The molecule has 134 valence electrons. The average Bonchev–Trinajstić information content (AvgIpc) is 2.57. The molecule has 26 heavy (non-hydrogen) atoms. The summed E-state index contributed by atoms with van der Waals surface area (Å²) in [6.07, 6.45) is 1.38. The highest BCUT2D eigenvalue weighted by molar-refractivity contribution is 9.11. The van der Waals surface area contributed by atoms with Gasteiger partial charge >= 0.3 is 0 Å². The molecule has 3 rings (SSSR count). The highest BCUT2D eigenvalue weighted by atomic mass is 79.9. The first kappa shape index (κ1) is 20.5. The standard InChI is InChI=1S/C20H12Br4ClF/c21-17-4-3-16(26)8-14(17)7-13-6-12(19(23)10-20(13)24)5-11-1-2-15(25)9-18(11)22/h1-4,6,8-10H,5,7H2. The minimum Gasteiger partial charge on any atom is -0.207 e. The van der Waals surface area contributed by atoms with Crippen LogP contribution in [-0.2, 0) is 12.8 Å². The minimum atomic E-state index is -0.234. The lowest BCUT2D eigenvalue weighted by Gasteiger charge is -2.13. The Kier molecular flexibility index (Phi) is 7.00. The molecular weight excluding hydrogens is 614 g/mol. The molecule has 0 aliphatic carbocycles. The first-order chi connectivity index (χ1) is 12.3. The first-order valence-electron chi connectivity index (χ1n) is 7.68. The molecule has 3 aromatic carbocycles. The number of hydrogen-bond donors (Lipinski definition) is 0. The second-order valence-corrected chi connectivity index (χ2v) is 9.71. The van der Waals surface area contributed by atoms with Crippen molar-refractivity contribution in [3.8, 4) is 0 Å². The third kappa shape index (κ3) is 4.99. The Bertz CT molecular complexity index is 972. The zero-order chi connectivity index (χ0) is 18.8. The fraction of sp³-hybridized carbons (Fsp3) is 0.100. The van der Waals surface area contributed by atoms with Gasteiger partial charge in [0.15, 0.2) is 0 Å². The van der Waals surface area contributed by atoms with Gasteiger partial charge in [0.05, 0.1) is 0 Å². The molecule has 0 N–H and O–H groups in total. The predicted octanol–water partition coefficient (Wildman–Crippen LogP) is 8.71. The maximum Gasteiger partial charge on any atom is 0.123 e. The zero-order valence-electron chi connectivity index (χ0n) is 13.3. The summed E-state index contributed by atoms with van der Waals surface area (Å²) in [5.74, 6) is -0.234. The molecule has 0 aliphatic rings. The molecule has 0 aliphatic heterocycles. The second kappa shape index (κ2) is 8.87. The quantitative estimate of drug-likeness (QED) is 0.272. The van der Waals surface area contributed by atoms with Crippen LogP contribution in [0.15, 0.2) is 66.4 Å². The monoisotopic (exact) mass is 622 g/mol. The molecule has 0 saturated heterocycles. The molecule has 6 heteroatoms. The molecule has 3 aromatic rings. The summed E-state index contributed by atoms with van der Waals surface area (Å²) in [6, 6.07) is 14.7. The topological polar surface area (TPSA) is 0 Å². The molecule has 0 amide bonds. The van der Waals surface area contributed by atoms with Gasteiger partial charge in [-0.25, -0.2) is 4.39 Å². The summed E-state index contributed by atoms with van der Waals surface area (Å²) < 4.78 is 17.5. The minimum absolute atomic E-state index is 0.234. The van der Waals surface area contributed by atoms with Crippen molar-refractivity contribution in [2.45, 2.75) is 12.8 Å². The van der Waals surface area contributed by atoms with Crippen LogP contribution in [0.2, 0.25) is 5.02 Å². The highest BCUT2D eigenvalue weighted by Gasteiger charge is 2.12. The van der Waals surface area contributed by atoms with Crippen LogP contribution in [0, 0.1) is 5.82 Å². The van der Waals surface area contributed by atoms with E-state index < -0.39 is 0 Å². The van der Waals surface area contributed by atoms with Gasteiger partial charge in [0.25, 0.3) is 0 Å². The van der Waals surface area contributed by atoms with Crippen LogP contribution in [0.4, 0.5) is 4.39 Å². The third-order valence-electron chi connectivity index (χ3n) is 4.00. The molecule has 0 bridgehead atoms.